The molecule has 0 amide bonds. The van der Waals surface area contributed by atoms with Gasteiger partial charge in [-0.15, -0.1) is 0 Å². The molecule has 1 aromatic carbocycles. The number of rotatable bonds is 6. The lowest BCUT2D eigenvalue weighted by Crippen LogP contribution is -2.11. The van der Waals surface area contributed by atoms with Gasteiger partial charge in [0.05, 0.1) is 6.61 Å². The summed E-state index contributed by atoms with van der Waals surface area (Å²) >= 11 is 4.20. The van der Waals surface area contributed by atoms with E-state index in [0.717, 1.165) is 24.5 Å². The van der Waals surface area contributed by atoms with Crippen LogP contribution in [-0.4, -0.2) is 12.4 Å². The van der Waals surface area contributed by atoms with Gasteiger partial charge in [-0.05, 0) is 48.1 Å². The van der Waals surface area contributed by atoms with Crippen LogP contribution in [0.3, 0.4) is 0 Å². The third kappa shape index (κ3) is 5.49. The third-order valence-electron chi connectivity index (χ3n) is 2.77. The molecule has 0 heterocycles. The Morgan fingerprint density at radius 3 is 2.53 bits per heavy atom. The molecular weight excluding hydrogens is 228 g/mol. The maximum Gasteiger partial charge on any atom is 0.119 e. The predicted octanol–water partition coefficient (Wildman–Crippen LogP) is 4.46. The van der Waals surface area contributed by atoms with E-state index in [1.54, 1.807) is 0 Å². The highest BCUT2D eigenvalue weighted by atomic mass is 32.1. The minimum Gasteiger partial charge on any atom is -0.494 e. The normalized spacial score (nSPS) is 11.5. The molecule has 0 aliphatic carbocycles. The first kappa shape index (κ1) is 14.4. The fourth-order valence-electron chi connectivity index (χ4n) is 1.63. The van der Waals surface area contributed by atoms with E-state index >= 15 is 0 Å². The van der Waals surface area contributed by atoms with Gasteiger partial charge in [0.15, 0.2) is 0 Å². The van der Waals surface area contributed by atoms with Gasteiger partial charge in [0.25, 0.3) is 0 Å². The highest BCUT2D eigenvalue weighted by Gasteiger charge is 2.13. The Morgan fingerprint density at radius 2 is 1.88 bits per heavy atom. The van der Waals surface area contributed by atoms with Crippen molar-refractivity contribution >= 4 is 12.6 Å². The largest absolute Gasteiger partial charge is 0.494 e. The molecule has 1 aromatic rings. The summed E-state index contributed by atoms with van der Waals surface area (Å²) in [6.45, 7) is 7.47. The molecule has 0 radical (unpaired) electrons. The van der Waals surface area contributed by atoms with Crippen molar-refractivity contribution in [2.75, 3.05) is 12.4 Å². The summed E-state index contributed by atoms with van der Waals surface area (Å²) in [6, 6.07) is 8.42. The number of ether oxygens (including phenoxy) is 1. The van der Waals surface area contributed by atoms with Crippen molar-refractivity contribution < 1.29 is 4.74 Å². The Morgan fingerprint density at radius 1 is 1.12 bits per heavy atom. The summed E-state index contributed by atoms with van der Waals surface area (Å²) in [5, 5.41) is 0. The summed E-state index contributed by atoms with van der Waals surface area (Å²) in [7, 11) is 0. The van der Waals surface area contributed by atoms with E-state index in [0.29, 0.717) is 0 Å². The molecule has 1 nitrogen and oxygen atoms in total. The molecule has 0 bridgehead atoms. The van der Waals surface area contributed by atoms with Gasteiger partial charge in [-0.3, -0.25) is 0 Å². The van der Waals surface area contributed by atoms with Gasteiger partial charge in [0, 0.05) is 0 Å². The van der Waals surface area contributed by atoms with Crippen molar-refractivity contribution in [3.63, 3.8) is 0 Å². The molecule has 0 atom stereocenters. The molecule has 0 saturated heterocycles. The van der Waals surface area contributed by atoms with Crippen LogP contribution in [0.5, 0.6) is 5.75 Å². The molecule has 96 valence electrons. The van der Waals surface area contributed by atoms with E-state index in [9.17, 15) is 0 Å². The fraction of sp³-hybridized carbons (Fsp3) is 0.600. The summed E-state index contributed by atoms with van der Waals surface area (Å²) in [5.74, 6) is 1.96. The molecule has 0 fully saturated rings. The molecular formula is C15H24OS. The topological polar surface area (TPSA) is 9.23 Å². The van der Waals surface area contributed by atoms with Crippen molar-refractivity contribution in [2.24, 2.45) is 0 Å². The fourth-order valence-corrected chi connectivity index (χ4v) is 1.86. The number of unbranched alkanes of at least 4 members (excludes halogenated alkanes) is 2. The zero-order chi connectivity index (χ0) is 12.7. The summed E-state index contributed by atoms with van der Waals surface area (Å²) in [5.41, 5.74) is 1.51. The first-order valence-corrected chi connectivity index (χ1v) is 7.01. The van der Waals surface area contributed by atoms with Gasteiger partial charge in [-0.1, -0.05) is 32.9 Å². The van der Waals surface area contributed by atoms with Crippen molar-refractivity contribution in [1.82, 2.24) is 0 Å². The monoisotopic (exact) mass is 252 g/mol. The van der Waals surface area contributed by atoms with Gasteiger partial charge in [0.1, 0.15) is 5.75 Å². The Bertz CT molecular complexity index is 328. The van der Waals surface area contributed by atoms with Gasteiger partial charge in [0.2, 0.25) is 0 Å². The number of benzene rings is 1. The smallest absolute Gasteiger partial charge is 0.119 e. The van der Waals surface area contributed by atoms with E-state index in [1.807, 2.05) is 6.07 Å². The Hall–Kier alpha value is -0.630. The van der Waals surface area contributed by atoms with Crippen molar-refractivity contribution in [1.29, 1.82) is 0 Å². The Balaban J connectivity index is 2.44. The average Bonchev–Trinajstić information content (AvgIpc) is 2.28. The highest BCUT2D eigenvalue weighted by molar-refractivity contribution is 7.80. The minimum absolute atomic E-state index is 0.186. The van der Waals surface area contributed by atoms with Gasteiger partial charge < -0.3 is 4.74 Å². The van der Waals surface area contributed by atoms with Crippen LogP contribution in [0.2, 0.25) is 0 Å². The number of thiol groups is 1. The lowest BCUT2D eigenvalue weighted by atomic mass is 9.87. The van der Waals surface area contributed by atoms with E-state index < -0.39 is 0 Å². The quantitative estimate of drug-likeness (QED) is 0.581. The lowest BCUT2D eigenvalue weighted by molar-refractivity contribution is 0.305. The molecule has 0 N–H and O–H groups in total. The van der Waals surface area contributed by atoms with E-state index in [4.69, 9.17) is 4.74 Å². The second-order valence-electron chi connectivity index (χ2n) is 5.41. The van der Waals surface area contributed by atoms with E-state index in [-0.39, 0.29) is 5.41 Å². The Kier molecular flexibility index (Phi) is 5.90. The SMILES string of the molecule is CC(C)(C)c1cccc(OCCCCCS)c1. The molecule has 0 aliphatic rings. The van der Waals surface area contributed by atoms with Crippen molar-refractivity contribution in [3.8, 4) is 5.75 Å². The van der Waals surface area contributed by atoms with Crippen LogP contribution in [-0.2, 0) is 5.41 Å². The minimum atomic E-state index is 0.186. The molecule has 17 heavy (non-hydrogen) atoms. The molecule has 2 heteroatoms. The summed E-state index contributed by atoms with van der Waals surface area (Å²) in [6.07, 6.45) is 3.48. The molecule has 1 rings (SSSR count). The van der Waals surface area contributed by atoms with Crippen LogP contribution in [0.4, 0.5) is 0 Å². The standard InChI is InChI=1S/C15H24OS/c1-15(2,3)13-8-7-9-14(12-13)16-10-5-4-6-11-17/h7-9,12,17H,4-6,10-11H2,1-3H3. The molecule has 0 saturated carbocycles. The zero-order valence-corrected chi connectivity index (χ0v) is 12.1. The van der Waals surface area contributed by atoms with Crippen molar-refractivity contribution in [2.45, 2.75) is 45.4 Å². The van der Waals surface area contributed by atoms with Crippen LogP contribution in [0.15, 0.2) is 24.3 Å². The predicted molar refractivity (Wildman–Crippen MR) is 78.3 cm³/mol. The maximum atomic E-state index is 5.76. The summed E-state index contributed by atoms with van der Waals surface area (Å²) in [4.78, 5) is 0. The molecule has 0 spiro atoms. The first-order chi connectivity index (χ1) is 8.04. The van der Waals surface area contributed by atoms with Gasteiger partial charge >= 0.3 is 0 Å². The van der Waals surface area contributed by atoms with E-state index in [1.165, 1.54) is 18.4 Å². The van der Waals surface area contributed by atoms with Gasteiger partial charge in [-0.2, -0.15) is 12.6 Å². The zero-order valence-electron chi connectivity index (χ0n) is 11.2. The molecule has 0 aliphatic heterocycles. The first-order valence-electron chi connectivity index (χ1n) is 6.38. The van der Waals surface area contributed by atoms with Crippen molar-refractivity contribution in [3.05, 3.63) is 29.8 Å². The van der Waals surface area contributed by atoms with Crippen LogP contribution >= 0.6 is 12.6 Å². The average molecular weight is 252 g/mol. The number of hydrogen-bond acceptors (Lipinski definition) is 2. The second kappa shape index (κ2) is 6.95. The highest BCUT2D eigenvalue weighted by Crippen LogP contribution is 2.25. The summed E-state index contributed by atoms with van der Waals surface area (Å²) < 4.78 is 5.76. The maximum absolute atomic E-state index is 5.76. The van der Waals surface area contributed by atoms with E-state index in [2.05, 4.69) is 51.6 Å². The molecule has 0 aromatic heterocycles. The van der Waals surface area contributed by atoms with Crippen LogP contribution in [0.25, 0.3) is 0 Å². The van der Waals surface area contributed by atoms with Gasteiger partial charge in [-0.25, -0.2) is 0 Å². The van der Waals surface area contributed by atoms with Crippen LogP contribution < -0.4 is 4.74 Å². The second-order valence-corrected chi connectivity index (χ2v) is 5.86. The lowest BCUT2D eigenvalue weighted by Gasteiger charge is -2.19. The third-order valence-corrected chi connectivity index (χ3v) is 3.09. The number of hydrogen-bond donors (Lipinski definition) is 1. The van der Waals surface area contributed by atoms with Crippen LogP contribution in [0.1, 0.15) is 45.6 Å². The molecule has 0 unspecified atom stereocenters. The van der Waals surface area contributed by atoms with Crippen LogP contribution in [0, 0.1) is 0 Å². The Labute approximate surface area is 111 Å².